The van der Waals surface area contributed by atoms with Crippen molar-refractivity contribution in [1.29, 1.82) is 0 Å². The molecule has 0 heterocycles. The Morgan fingerprint density at radius 1 is 0.800 bits per heavy atom. The van der Waals surface area contributed by atoms with Crippen LogP contribution < -0.4 is 16.0 Å². The number of benzene rings is 4. The number of rotatable bonds is 13. The number of nitrogens with one attached hydrogen (secondary N) is 3. The van der Waals surface area contributed by atoms with Gasteiger partial charge in [-0.1, -0.05) is 61.3 Å². The summed E-state index contributed by atoms with van der Waals surface area (Å²) in [5.74, 6) is -1.48. The molecule has 0 unspecified atom stereocenters. The molecule has 0 saturated heterocycles. The lowest BCUT2D eigenvalue weighted by Crippen LogP contribution is -2.30. The maximum Gasteiger partial charge on any atom is 0.338 e. The van der Waals surface area contributed by atoms with Crippen molar-refractivity contribution in [2.24, 2.45) is 0 Å². The third kappa shape index (κ3) is 10.7. The lowest BCUT2D eigenvalue weighted by molar-refractivity contribution is -0.114. The molecule has 0 aliphatic carbocycles. The molecule has 45 heavy (non-hydrogen) atoms. The minimum absolute atomic E-state index is 0.0313. The number of ether oxygens (including phenoxy) is 1. The van der Waals surface area contributed by atoms with Gasteiger partial charge in [0, 0.05) is 26.9 Å². The molecule has 0 atom stereocenters. The number of halogens is 1. The average Bonchev–Trinajstić information content (AvgIpc) is 3.04. The Bertz CT molecular complexity index is 1680. The van der Waals surface area contributed by atoms with Gasteiger partial charge in [-0.15, -0.1) is 11.8 Å². The van der Waals surface area contributed by atoms with Crippen molar-refractivity contribution in [3.05, 3.63) is 131 Å². The largest absolute Gasteiger partial charge is 0.462 e. The lowest BCUT2D eigenvalue weighted by atomic mass is 10.1. The summed E-state index contributed by atoms with van der Waals surface area (Å²) in [6.45, 7) is 2.40. The fourth-order valence-corrected chi connectivity index (χ4v) is 4.95. The van der Waals surface area contributed by atoms with E-state index in [0.29, 0.717) is 39.7 Å². The van der Waals surface area contributed by atoms with Crippen LogP contribution in [0.2, 0.25) is 5.02 Å². The van der Waals surface area contributed by atoms with E-state index in [2.05, 4.69) is 16.0 Å². The quantitative estimate of drug-likeness (QED) is 0.0605. The van der Waals surface area contributed by atoms with Gasteiger partial charge >= 0.3 is 5.97 Å². The van der Waals surface area contributed by atoms with Crippen molar-refractivity contribution < 1.29 is 23.9 Å². The first-order chi connectivity index (χ1) is 21.8. The third-order valence-corrected chi connectivity index (χ3v) is 7.51. The molecular formula is C35H32ClN3O5S. The van der Waals surface area contributed by atoms with E-state index in [0.717, 1.165) is 17.7 Å². The normalized spacial score (nSPS) is 10.9. The number of carbonyl (C=O) groups excluding carboxylic acids is 4. The van der Waals surface area contributed by atoms with Gasteiger partial charge in [-0.2, -0.15) is 0 Å². The molecule has 0 aliphatic rings. The second-order valence-electron chi connectivity index (χ2n) is 9.82. The van der Waals surface area contributed by atoms with Crippen LogP contribution in [0.5, 0.6) is 0 Å². The molecule has 0 radical (unpaired) electrons. The molecule has 0 aliphatic heterocycles. The smallest absolute Gasteiger partial charge is 0.338 e. The predicted molar refractivity (Wildman–Crippen MR) is 179 cm³/mol. The van der Waals surface area contributed by atoms with Crippen LogP contribution in [-0.4, -0.2) is 36.1 Å². The molecule has 0 saturated carbocycles. The Kier molecular flexibility index (Phi) is 12.4. The number of thioether (sulfide) groups is 1. The van der Waals surface area contributed by atoms with E-state index in [1.165, 1.54) is 11.8 Å². The molecular weight excluding hydrogens is 610 g/mol. The molecule has 4 aromatic rings. The van der Waals surface area contributed by atoms with Crippen molar-refractivity contribution in [3.63, 3.8) is 0 Å². The molecule has 0 spiro atoms. The molecule has 0 fully saturated rings. The van der Waals surface area contributed by atoms with Gasteiger partial charge in [0.1, 0.15) is 5.70 Å². The third-order valence-electron chi connectivity index (χ3n) is 6.29. The monoisotopic (exact) mass is 641 g/mol. The van der Waals surface area contributed by atoms with Gasteiger partial charge in [0.15, 0.2) is 0 Å². The maximum atomic E-state index is 13.4. The van der Waals surface area contributed by atoms with Crippen molar-refractivity contribution >= 4 is 64.5 Å². The molecule has 0 bridgehead atoms. The van der Waals surface area contributed by atoms with Gasteiger partial charge in [0.05, 0.1) is 17.9 Å². The summed E-state index contributed by atoms with van der Waals surface area (Å²) in [6, 6.07) is 29.1. The Labute approximate surface area is 271 Å². The molecule has 230 valence electrons. The van der Waals surface area contributed by atoms with E-state index in [1.54, 1.807) is 103 Å². The zero-order chi connectivity index (χ0) is 32.0. The molecule has 8 nitrogen and oxygen atoms in total. The summed E-state index contributed by atoms with van der Waals surface area (Å²) in [5, 5.41) is 8.83. The Hall–Kier alpha value is -4.86. The van der Waals surface area contributed by atoms with Crippen LogP contribution in [0, 0.1) is 0 Å². The standard InChI is InChI=1S/C35H32ClN3O5S/c1-2-3-19-44-35(43)26-15-17-28(18-16-26)37-32(40)23-45-30-14-8-13-29(22-30)38-34(42)31(21-24-9-7-12-27(36)20-24)39-33(41)25-10-5-4-6-11-25/h4-18,20-22H,2-3,19,23H2,1H3,(H,37,40)(H,38,42)(H,39,41)/b31-21-. The zero-order valence-electron chi connectivity index (χ0n) is 24.5. The van der Waals surface area contributed by atoms with Gasteiger partial charge in [0.25, 0.3) is 11.8 Å². The van der Waals surface area contributed by atoms with Crippen LogP contribution in [0.4, 0.5) is 11.4 Å². The first kappa shape index (κ1) is 33.0. The summed E-state index contributed by atoms with van der Waals surface area (Å²) in [4.78, 5) is 51.7. The van der Waals surface area contributed by atoms with Gasteiger partial charge in [0.2, 0.25) is 5.91 Å². The predicted octanol–water partition coefficient (Wildman–Crippen LogP) is 7.44. The van der Waals surface area contributed by atoms with Crippen molar-refractivity contribution in [2.75, 3.05) is 23.0 Å². The van der Waals surface area contributed by atoms with Gasteiger partial charge in [-0.3, -0.25) is 14.4 Å². The van der Waals surface area contributed by atoms with Crippen LogP contribution in [0.1, 0.15) is 46.0 Å². The molecule has 4 aromatic carbocycles. The van der Waals surface area contributed by atoms with Crippen molar-refractivity contribution in [1.82, 2.24) is 5.32 Å². The number of esters is 1. The highest BCUT2D eigenvalue weighted by molar-refractivity contribution is 8.00. The van der Waals surface area contributed by atoms with E-state index in [-0.39, 0.29) is 17.4 Å². The number of hydrogen-bond donors (Lipinski definition) is 3. The maximum absolute atomic E-state index is 13.4. The number of carbonyl (C=O) groups is 4. The van der Waals surface area contributed by atoms with E-state index < -0.39 is 17.8 Å². The van der Waals surface area contributed by atoms with Crippen molar-refractivity contribution in [3.8, 4) is 0 Å². The lowest BCUT2D eigenvalue weighted by Gasteiger charge is -2.12. The zero-order valence-corrected chi connectivity index (χ0v) is 26.1. The van der Waals surface area contributed by atoms with Gasteiger partial charge < -0.3 is 20.7 Å². The summed E-state index contributed by atoms with van der Waals surface area (Å²) in [7, 11) is 0. The number of amides is 3. The summed E-state index contributed by atoms with van der Waals surface area (Å²) in [6.07, 6.45) is 3.29. The Morgan fingerprint density at radius 2 is 1.56 bits per heavy atom. The van der Waals surface area contributed by atoms with Crippen LogP contribution in [0.3, 0.4) is 0 Å². The topological polar surface area (TPSA) is 114 Å². The minimum atomic E-state index is -0.531. The number of unbranched alkanes of at least 4 members (excludes halogenated alkanes) is 1. The van der Waals surface area contributed by atoms with E-state index in [9.17, 15) is 19.2 Å². The van der Waals surface area contributed by atoms with Crippen LogP contribution >= 0.6 is 23.4 Å². The molecule has 0 aromatic heterocycles. The number of hydrogen-bond acceptors (Lipinski definition) is 6. The van der Waals surface area contributed by atoms with Gasteiger partial charge in [-0.05, 0) is 84.8 Å². The molecule has 4 rings (SSSR count). The highest BCUT2D eigenvalue weighted by Gasteiger charge is 2.16. The fourth-order valence-electron chi connectivity index (χ4n) is 4.00. The second kappa shape index (κ2) is 16.8. The van der Waals surface area contributed by atoms with Gasteiger partial charge in [-0.25, -0.2) is 4.79 Å². The van der Waals surface area contributed by atoms with E-state index >= 15 is 0 Å². The first-order valence-corrected chi connectivity index (χ1v) is 15.6. The highest BCUT2D eigenvalue weighted by atomic mass is 35.5. The Morgan fingerprint density at radius 3 is 2.29 bits per heavy atom. The highest BCUT2D eigenvalue weighted by Crippen LogP contribution is 2.23. The fraction of sp³-hybridized carbons (Fsp3) is 0.143. The second-order valence-corrected chi connectivity index (χ2v) is 11.3. The van der Waals surface area contributed by atoms with Crippen molar-refractivity contribution in [2.45, 2.75) is 24.7 Å². The van der Waals surface area contributed by atoms with Crippen LogP contribution in [-0.2, 0) is 14.3 Å². The first-order valence-electron chi connectivity index (χ1n) is 14.3. The average molecular weight is 642 g/mol. The Balaban J connectivity index is 1.37. The minimum Gasteiger partial charge on any atom is -0.462 e. The van der Waals surface area contributed by atoms with E-state index in [1.807, 2.05) is 13.0 Å². The molecule has 3 amide bonds. The van der Waals surface area contributed by atoms with Crippen LogP contribution in [0.25, 0.3) is 6.08 Å². The molecule has 10 heteroatoms. The SMILES string of the molecule is CCCCOC(=O)c1ccc(NC(=O)CSc2cccc(NC(=O)/C(=C/c3cccc(Cl)c3)NC(=O)c3ccccc3)c2)cc1. The number of anilines is 2. The summed E-state index contributed by atoms with van der Waals surface area (Å²) < 4.78 is 5.21. The summed E-state index contributed by atoms with van der Waals surface area (Å²) >= 11 is 7.42. The summed E-state index contributed by atoms with van der Waals surface area (Å²) in [5.41, 5.74) is 2.53. The van der Waals surface area contributed by atoms with Crippen LogP contribution in [0.15, 0.2) is 114 Å². The van der Waals surface area contributed by atoms with E-state index in [4.69, 9.17) is 16.3 Å². The molecule has 3 N–H and O–H groups in total.